The van der Waals surface area contributed by atoms with Gasteiger partial charge in [0.05, 0.1) is 0 Å². The van der Waals surface area contributed by atoms with Crippen molar-refractivity contribution in [3.05, 3.63) is 12.7 Å². The van der Waals surface area contributed by atoms with E-state index in [0.717, 1.165) is 19.3 Å². The molecule has 0 radical (unpaired) electrons. The number of carbonyl (C=O) groups is 1. The maximum Gasteiger partial charge on any atom is 0.220 e. The fraction of sp³-hybridized carbons (Fsp3) is 0.700. The topological polar surface area (TPSA) is 29.1 Å². The lowest BCUT2D eigenvalue weighted by atomic mass is 9.89. The average molecular weight is 167 g/mol. The Kier molecular flexibility index (Phi) is 3.32. The molecule has 12 heavy (non-hydrogen) atoms. The van der Waals surface area contributed by atoms with Crippen LogP contribution in [-0.2, 0) is 4.79 Å². The summed E-state index contributed by atoms with van der Waals surface area (Å²) in [5.74, 6) is 0.838. The number of piperidine rings is 1. The molecule has 1 N–H and O–H groups in total. The summed E-state index contributed by atoms with van der Waals surface area (Å²) in [5.41, 5.74) is 0. The van der Waals surface area contributed by atoms with E-state index in [9.17, 15) is 4.79 Å². The quantitative estimate of drug-likeness (QED) is 0.639. The van der Waals surface area contributed by atoms with E-state index >= 15 is 0 Å². The minimum atomic E-state index is 0.210. The van der Waals surface area contributed by atoms with Gasteiger partial charge >= 0.3 is 0 Å². The van der Waals surface area contributed by atoms with Gasteiger partial charge in [0.1, 0.15) is 0 Å². The van der Waals surface area contributed by atoms with E-state index in [0.29, 0.717) is 18.4 Å². The highest BCUT2D eigenvalue weighted by molar-refractivity contribution is 5.77. The highest BCUT2D eigenvalue weighted by atomic mass is 16.1. The van der Waals surface area contributed by atoms with Gasteiger partial charge in [-0.15, -0.1) is 6.58 Å². The van der Waals surface area contributed by atoms with E-state index in [1.807, 2.05) is 6.08 Å². The minimum absolute atomic E-state index is 0.210. The fourth-order valence-corrected chi connectivity index (χ4v) is 1.64. The Morgan fingerprint density at radius 2 is 2.50 bits per heavy atom. The number of hydrogen-bond donors (Lipinski definition) is 1. The minimum Gasteiger partial charge on any atom is -0.353 e. The summed E-state index contributed by atoms with van der Waals surface area (Å²) < 4.78 is 0. The summed E-state index contributed by atoms with van der Waals surface area (Å²) in [5, 5.41) is 3.01. The molecule has 1 fully saturated rings. The first kappa shape index (κ1) is 9.30. The van der Waals surface area contributed by atoms with Crippen LogP contribution in [0.2, 0.25) is 0 Å². The molecule has 0 spiro atoms. The molecular weight excluding hydrogens is 150 g/mol. The first-order valence-electron chi connectivity index (χ1n) is 4.64. The van der Waals surface area contributed by atoms with Crippen LogP contribution in [0.4, 0.5) is 0 Å². The first-order chi connectivity index (χ1) is 5.74. The molecule has 2 unspecified atom stereocenters. The number of hydrogen-bond acceptors (Lipinski definition) is 1. The lowest BCUT2D eigenvalue weighted by molar-refractivity contribution is -0.124. The summed E-state index contributed by atoms with van der Waals surface area (Å²) >= 11 is 0. The molecule has 0 saturated carbocycles. The largest absolute Gasteiger partial charge is 0.353 e. The van der Waals surface area contributed by atoms with Crippen molar-refractivity contribution >= 4 is 5.91 Å². The second-order valence-electron chi connectivity index (χ2n) is 3.56. The molecular formula is C10H17NO. The van der Waals surface area contributed by atoms with E-state index in [2.05, 4.69) is 18.8 Å². The van der Waals surface area contributed by atoms with E-state index < -0.39 is 0 Å². The smallest absolute Gasteiger partial charge is 0.220 e. The molecule has 1 aliphatic heterocycles. The van der Waals surface area contributed by atoms with Crippen molar-refractivity contribution in [2.75, 3.05) is 0 Å². The Bertz CT molecular complexity index is 177. The van der Waals surface area contributed by atoms with Gasteiger partial charge in [0.15, 0.2) is 0 Å². The van der Waals surface area contributed by atoms with Crippen LogP contribution in [0, 0.1) is 5.92 Å². The summed E-state index contributed by atoms with van der Waals surface area (Å²) in [4.78, 5) is 11.0. The Balaban J connectivity index is 2.37. The van der Waals surface area contributed by atoms with Crippen LogP contribution in [0.5, 0.6) is 0 Å². The highest BCUT2D eigenvalue weighted by Gasteiger charge is 2.23. The van der Waals surface area contributed by atoms with Crippen molar-refractivity contribution in [3.63, 3.8) is 0 Å². The average Bonchev–Trinajstić information content (AvgIpc) is 2.07. The highest BCUT2D eigenvalue weighted by Crippen LogP contribution is 2.19. The van der Waals surface area contributed by atoms with Gasteiger partial charge in [-0.3, -0.25) is 4.79 Å². The van der Waals surface area contributed by atoms with Crippen molar-refractivity contribution in [1.29, 1.82) is 0 Å². The zero-order valence-electron chi connectivity index (χ0n) is 7.68. The van der Waals surface area contributed by atoms with Crippen LogP contribution in [0.3, 0.4) is 0 Å². The van der Waals surface area contributed by atoms with Crippen LogP contribution in [0.15, 0.2) is 12.7 Å². The van der Waals surface area contributed by atoms with Crippen LogP contribution in [0.25, 0.3) is 0 Å². The number of carbonyl (C=O) groups excluding carboxylic acids is 1. The second kappa shape index (κ2) is 4.29. The van der Waals surface area contributed by atoms with Gasteiger partial charge < -0.3 is 5.32 Å². The molecule has 0 aliphatic carbocycles. The zero-order valence-corrected chi connectivity index (χ0v) is 7.68. The molecule has 1 rings (SSSR count). The van der Waals surface area contributed by atoms with Crippen molar-refractivity contribution < 1.29 is 4.79 Å². The predicted molar refractivity (Wildman–Crippen MR) is 49.8 cm³/mol. The third kappa shape index (κ3) is 2.36. The van der Waals surface area contributed by atoms with Crippen LogP contribution >= 0.6 is 0 Å². The lowest BCUT2D eigenvalue weighted by Crippen LogP contribution is -2.43. The van der Waals surface area contributed by atoms with Gasteiger partial charge in [-0.1, -0.05) is 13.0 Å². The van der Waals surface area contributed by atoms with Crippen LogP contribution in [-0.4, -0.2) is 11.9 Å². The lowest BCUT2D eigenvalue weighted by Gasteiger charge is -2.29. The molecule has 68 valence electrons. The summed E-state index contributed by atoms with van der Waals surface area (Å²) in [6.45, 7) is 5.88. The predicted octanol–water partition coefficient (Wildman–Crippen LogP) is 1.87. The normalized spacial score (nSPS) is 29.6. The molecule has 1 amide bonds. The van der Waals surface area contributed by atoms with Gasteiger partial charge in [0.2, 0.25) is 5.91 Å². The Morgan fingerprint density at radius 3 is 3.17 bits per heavy atom. The van der Waals surface area contributed by atoms with Crippen molar-refractivity contribution in [3.8, 4) is 0 Å². The van der Waals surface area contributed by atoms with E-state index in [1.165, 1.54) is 0 Å². The Hall–Kier alpha value is -0.790. The third-order valence-electron chi connectivity index (χ3n) is 2.54. The molecule has 1 aliphatic rings. The number of amides is 1. The van der Waals surface area contributed by atoms with Crippen LogP contribution in [0.1, 0.15) is 32.6 Å². The molecule has 0 aromatic heterocycles. The number of rotatable bonds is 3. The molecule has 0 aromatic carbocycles. The maximum atomic E-state index is 11.0. The fourth-order valence-electron chi connectivity index (χ4n) is 1.64. The van der Waals surface area contributed by atoms with Gasteiger partial charge in [-0.25, -0.2) is 0 Å². The number of nitrogens with one attached hydrogen (secondary N) is 1. The summed E-state index contributed by atoms with van der Waals surface area (Å²) in [6, 6.07) is 0.379. The molecule has 2 nitrogen and oxygen atoms in total. The molecule has 2 heteroatoms. The Morgan fingerprint density at radius 1 is 1.75 bits per heavy atom. The number of allylic oxidation sites excluding steroid dienone is 1. The molecule has 0 bridgehead atoms. The van der Waals surface area contributed by atoms with Gasteiger partial charge in [0, 0.05) is 12.5 Å². The van der Waals surface area contributed by atoms with Crippen molar-refractivity contribution in [2.45, 2.75) is 38.6 Å². The zero-order chi connectivity index (χ0) is 8.97. The second-order valence-corrected chi connectivity index (χ2v) is 3.56. The monoisotopic (exact) mass is 167 g/mol. The van der Waals surface area contributed by atoms with E-state index in [4.69, 9.17) is 0 Å². The van der Waals surface area contributed by atoms with E-state index in [1.54, 1.807) is 0 Å². The van der Waals surface area contributed by atoms with Crippen molar-refractivity contribution in [1.82, 2.24) is 5.32 Å². The summed E-state index contributed by atoms with van der Waals surface area (Å²) in [7, 11) is 0. The van der Waals surface area contributed by atoms with Gasteiger partial charge in [-0.2, -0.15) is 0 Å². The maximum absolute atomic E-state index is 11.0. The van der Waals surface area contributed by atoms with E-state index in [-0.39, 0.29) is 5.91 Å². The molecule has 2 atom stereocenters. The third-order valence-corrected chi connectivity index (χ3v) is 2.54. The molecule has 1 saturated heterocycles. The van der Waals surface area contributed by atoms with Crippen molar-refractivity contribution in [2.24, 2.45) is 5.92 Å². The molecule has 0 aromatic rings. The Labute approximate surface area is 74.0 Å². The van der Waals surface area contributed by atoms with Crippen LogP contribution < -0.4 is 5.32 Å². The SMILES string of the molecule is C=CCCC1NC(=O)CCC1C. The molecule has 1 heterocycles. The standard InChI is InChI=1S/C10H17NO/c1-3-4-5-9-8(2)6-7-10(12)11-9/h3,8-9H,1,4-7H2,2H3,(H,11,12). The van der Waals surface area contributed by atoms with Gasteiger partial charge in [-0.05, 0) is 25.2 Å². The first-order valence-corrected chi connectivity index (χ1v) is 4.64. The van der Waals surface area contributed by atoms with Gasteiger partial charge in [0.25, 0.3) is 0 Å². The summed E-state index contributed by atoms with van der Waals surface area (Å²) in [6.07, 6.45) is 5.68.